The number of nitrogens with zero attached hydrogens (tertiary/aromatic N) is 2. The van der Waals surface area contributed by atoms with Crippen LogP contribution >= 0.6 is 0 Å². The van der Waals surface area contributed by atoms with Crippen LogP contribution in [-0.4, -0.2) is 21.9 Å². The molecule has 126 valence electrons. The Morgan fingerprint density at radius 3 is 2.68 bits per heavy atom. The molecule has 25 heavy (non-hydrogen) atoms. The molecule has 0 saturated heterocycles. The van der Waals surface area contributed by atoms with Gasteiger partial charge < -0.3 is 9.40 Å². The number of halogens is 1. The Hall–Kier alpha value is -2.99. The van der Waals surface area contributed by atoms with Crippen LogP contribution in [0.4, 0.5) is 4.39 Å². The van der Waals surface area contributed by atoms with Gasteiger partial charge in [0.15, 0.2) is 0 Å². The van der Waals surface area contributed by atoms with Crippen molar-refractivity contribution in [2.75, 3.05) is 7.05 Å². The zero-order chi connectivity index (χ0) is 17.4. The van der Waals surface area contributed by atoms with E-state index in [9.17, 15) is 9.18 Å². The summed E-state index contributed by atoms with van der Waals surface area (Å²) in [5, 5.41) is 0.825. The van der Waals surface area contributed by atoms with Gasteiger partial charge in [-0.1, -0.05) is 24.3 Å². The topological polar surface area (TPSA) is 62.1 Å². The molecule has 2 heterocycles. The average Bonchev–Trinajstić information content (AvgIpc) is 2.96. The van der Waals surface area contributed by atoms with Gasteiger partial charge in [0.2, 0.25) is 5.58 Å². The smallest absolute Gasteiger partial charge is 0.294 e. The third kappa shape index (κ3) is 3.04. The number of nitrogens with one attached hydrogen (secondary N) is 1. The lowest BCUT2D eigenvalue weighted by Crippen LogP contribution is -2.21. The summed E-state index contributed by atoms with van der Waals surface area (Å²) >= 11 is 0. The first-order chi connectivity index (χ1) is 12.1. The molecular weight excluding hydrogens is 321 g/mol. The predicted octanol–water partition coefficient (Wildman–Crippen LogP) is 3.44. The van der Waals surface area contributed by atoms with Gasteiger partial charge in [-0.15, -0.1) is 0 Å². The summed E-state index contributed by atoms with van der Waals surface area (Å²) in [7, 11) is 1.92. The maximum atomic E-state index is 13.0. The van der Waals surface area contributed by atoms with Gasteiger partial charge in [-0.05, 0) is 36.9 Å². The Balaban J connectivity index is 1.63. The number of fused-ring (bicyclic) bond motifs is 3. The summed E-state index contributed by atoms with van der Waals surface area (Å²) in [6.07, 6.45) is 0. The number of furan rings is 1. The zero-order valence-electron chi connectivity index (χ0n) is 13.6. The number of aromatic nitrogens is 2. The van der Waals surface area contributed by atoms with Gasteiger partial charge in [0, 0.05) is 11.9 Å². The summed E-state index contributed by atoms with van der Waals surface area (Å²) in [4.78, 5) is 21.6. The van der Waals surface area contributed by atoms with Crippen LogP contribution in [-0.2, 0) is 13.1 Å². The molecule has 0 atom stereocenters. The minimum absolute atomic E-state index is 0.242. The Labute approximate surface area is 142 Å². The fourth-order valence-corrected chi connectivity index (χ4v) is 2.94. The van der Waals surface area contributed by atoms with Gasteiger partial charge in [0.1, 0.15) is 22.7 Å². The normalized spacial score (nSPS) is 11.6. The molecule has 0 saturated carbocycles. The molecule has 1 N–H and O–H groups in total. The van der Waals surface area contributed by atoms with E-state index in [2.05, 4.69) is 9.97 Å². The molecule has 0 radical (unpaired) electrons. The standard InChI is InChI=1S/C19H16FN3O2/c1-23(10-12-6-8-13(20)9-7-12)11-16-21-17-14-4-2-3-5-15(14)25-18(17)19(24)22-16/h2-9H,10-11H2,1H3,(H,21,22,24). The van der Waals surface area contributed by atoms with Crippen LogP contribution in [0, 0.1) is 5.82 Å². The molecule has 0 aliphatic rings. The van der Waals surface area contributed by atoms with Crippen molar-refractivity contribution >= 4 is 22.1 Å². The number of benzene rings is 2. The second-order valence-electron chi connectivity index (χ2n) is 6.09. The lowest BCUT2D eigenvalue weighted by atomic mass is 10.2. The van der Waals surface area contributed by atoms with Gasteiger partial charge in [-0.2, -0.15) is 0 Å². The highest BCUT2D eigenvalue weighted by Gasteiger charge is 2.13. The minimum Gasteiger partial charge on any atom is -0.449 e. The van der Waals surface area contributed by atoms with Crippen molar-refractivity contribution in [2.45, 2.75) is 13.1 Å². The van der Waals surface area contributed by atoms with E-state index >= 15 is 0 Å². The number of hydrogen-bond donors (Lipinski definition) is 1. The molecule has 6 heteroatoms. The third-order valence-corrected chi connectivity index (χ3v) is 4.07. The minimum atomic E-state index is -0.286. The first-order valence-electron chi connectivity index (χ1n) is 7.93. The van der Waals surface area contributed by atoms with E-state index in [0.29, 0.717) is 30.0 Å². The van der Waals surface area contributed by atoms with Crippen LogP contribution in [0.3, 0.4) is 0 Å². The monoisotopic (exact) mass is 337 g/mol. The highest BCUT2D eigenvalue weighted by atomic mass is 19.1. The third-order valence-electron chi connectivity index (χ3n) is 4.07. The predicted molar refractivity (Wildman–Crippen MR) is 93.7 cm³/mol. The number of H-pyrrole nitrogens is 1. The molecule has 0 spiro atoms. The summed E-state index contributed by atoms with van der Waals surface area (Å²) in [5.41, 5.74) is 2.16. The van der Waals surface area contributed by atoms with Crippen LogP contribution in [0.5, 0.6) is 0 Å². The van der Waals surface area contributed by atoms with Crippen LogP contribution in [0.25, 0.3) is 22.1 Å². The molecule has 4 rings (SSSR count). The Morgan fingerprint density at radius 2 is 1.88 bits per heavy atom. The van der Waals surface area contributed by atoms with Crippen LogP contribution < -0.4 is 5.56 Å². The van der Waals surface area contributed by atoms with E-state index in [-0.39, 0.29) is 17.0 Å². The second kappa shape index (κ2) is 6.14. The summed E-state index contributed by atoms with van der Waals surface area (Å²) in [6.45, 7) is 1.08. The van der Waals surface area contributed by atoms with Crippen LogP contribution in [0.1, 0.15) is 11.4 Å². The number of para-hydroxylation sites is 1. The van der Waals surface area contributed by atoms with E-state index in [4.69, 9.17) is 4.42 Å². The van der Waals surface area contributed by atoms with Crippen molar-refractivity contribution in [3.63, 3.8) is 0 Å². The van der Waals surface area contributed by atoms with Crippen LogP contribution in [0.15, 0.2) is 57.7 Å². The largest absolute Gasteiger partial charge is 0.449 e. The molecule has 0 fully saturated rings. The highest BCUT2D eigenvalue weighted by Crippen LogP contribution is 2.24. The SMILES string of the molecule is CN(Cc1ccc(F)cc1)Cc1nc2c(oc3ccccc32)c(=O)[nH]1. The molecule has 0 aliphatic heterocycles. The quantitative estimate of drug-likeness (QED) is 0.620. The van der Waals surface area contributed by atoms with Crippen LogP contribution in [0.2, 0.25) is 0 Å². The maximum Gasteiger partial charge on any atom is 0.294 e. The molecule has 0 bridgehead atoms. The fraction of sp³-hybridized carbons (Fsp3) is 0.158. The lowest BCUT2D eigenvalue weighted by molar-refractivity contribution is 0.310. The molecule has 0 unspecified atom stereocenters. The average molecular weight is 337 g/mol. The number of hydrogen-bond acceptors (Lipinski definition) is 4. The van der Waals surface area contributed by atoms with Crippen molar-refractivity contribution in [3.05, 3.63) is 76.1 Å². The van der Waals surface area contributed by atoms with Crippen molar-refractivity contribution in [3.8, 4) is 0 Å². The van der Waals surface area contributed by atoms with Crippen molar-refractivity contribution < 1.29 is 8.81 Å². The Bertz CT molecular complexity index is 1100. The number of aromatic amines is 1. The molecule has 2 aromatic heterocycles. The van der Waals surface area contributed by atoms with Gasteiger partial charge in [0.05, 0.1) is 6.54 Å². The first-order valence-corrected chi connectivity index (χ1v) is 7.93. The van der Waals surface area contributed by atoms with E-state index < -0.39 is 0 Å². The fourth-order valence-electron chi connectivity index (χ4n) is 2.94. The first kappa shape index (κ1) is 15.5. The van der Waals surface area contributed by atoms with E-state index in [1.165, 1.54) is 12.1 Å². The molecule has 2 aromatic carbocycles. The molecule has 0 amide bonds. The Morgan fingerprint density at radius 1 is 1.12 bits per heavy atom. The second-order valence-corrected chi connectivity index (χ2v) is 6.09. The van der Waals surface area contributed by atoms with Crippen molar-refractivity contribution in [2.24, 2.45) is 0 Å². The van der Waals surface area contributed by atoms with Gasteiger partial charge in [0.25, 0.3) is 5.56 Å². The molecular formula is C19H16FN3O2. The zero-order valence-corrected chi connectivity index (χ0v) is 13.6. The van der Waals surface area contributed by atoms with Gasteiger partial charge >= 0.3 is 0 Å². The Kier molecular flexibility index (Phi) is 3.82. The molecule has 4 aromatic rings. The number of rotatable bonds is 4. The maximum absolute atomic E-state index is 13.0. The molecule has 0 aliphatic carbocycles. The summed E-state index contributed by atoms with van der Waals surface area (Å²) in [6, 6.07) is 13.8. The summed E-state index contributed by atoms with van der Waals surface area (Å²) in [5.74, 6) is 0.309. The van der Waals surface area contributed by atoms with Crippen molar-refractivity contribution in [1.29, 1.82) is 0 Å². The van der Waals surface area contributed by atoms with E-state index in [0.717, 1.165) is 10.9 Å². The summed E-state index contributed by atoms with van der Waals surface area (Å²) < 4.78 is 18.6. The highest BCUT2D eigenvalue weighted by molar-refractivity contribution is 6.01. The van der Waals surface area contributed by atoms with Gasteiger partial charge in [-0.3, -0.25) is 9.69 Å². The van der Waals surface area contributed by atoms with E-state index in [1.54, 1.807) is 12.1 Å². The lowest BCUT2D eigenvalue weighted by Gasteiger charge is -2.15. The molecule has 5 nitrogen and oxygen atoms in total. The van der Waals surface area contributed by atoms with Crippen molar-refractivity contribution in [1.82, 2.24) is 14.9 Å². The van der Waals surface area contributed by atoms with E-state index in [1.807, 2.05) is 36.2 Å². The van der Waals surface area contributed by atoms with Gasteiger partial charge in [-0.25, -0.2) is 9.37 Å².